The first-order chi connectivity index (χ1) is 14.6. The van der Waals surface area contributed by atoms with Crippen molar-refractivity contribution >= 4 is 21.6 Å². The summed E-state index contributed by atoms with van der Waals surface area (Å²) in [5, 5.41) is 0. The van der Waals surface area contributed by atoms with Crippen molar-refractivity contribution in [3.8, 4) is 5.75 Å². The highest BCUT2D eigenvalue weighted by atomic mass is 32.2. The third-order valence-electron chi connectivity index (χ3n) is 5.82. The Bertz CT molecular complexity index is 1080. The fraction of sp³-hybridized carbons (Fsp3) is 0.381. The molecule has 2 saturated heterocycles. The molecule has 2 aliphatic rings. The minimum absolute atomic E-state index is 0.0716. The molecule has 10 heteroatoms. The standard InChI is InChI=1S/C21H21F3N2O4S/c22-21(23,24)30-17-9-4-5-10-18(17)31(28,29)25-13-6-11-20(15-25)12-14-26(19(20)27)16-7-2-1-3-8-16/h1-5,7-10H,6,11-15H2. The zero-order valence-electron chi connectivity index (χ0n) is 16.5. The Kier molecular flexibility index (Phi) is 5.47. The van der Waals surface area contributed by atoms with Crippen molar-refractivity contribution in [2.75, 3.05) is 24.5 Å². The van der Waals surface area contributed by atoms with Gasteiger partial charge >= 0.3 is 6.36 Å². The average Bonchev–Trinajstić information content (AvgIpc) is 3.03. The number of hydrogen-bond donors (Lipinski definition) is 0. The molecule has 166 valence electrons. The number of ether oxygens (including phenoxy) is 1. The van der Waals surface area contributed by atoms with Crippen LogP contribution in [-0.2, 0) is 14.8 Å². The van der Waals surface area contributed by atoms with Crippen LogP contribution in [0.2, 0.25) is 0 Å². The highest BCUT2D eigenvalue weighted by molar-refractivity contribution is 7.89. The van der Waals surface area contributed by atoms with Crippen LogP contribution in [0.25, 0.3) is 0 Å². The maximum Gasteiger partial charge on any atom is 0.573 e. The Morgan fingerprint density at radius 3 is 2.32 bits per heavy atom. The molecular formula is C21H21F3N2O4S. The topological polar surface area (TPSA) is 66.9 Å². The van der Waals surface area contributed by atoms with Gasteiger partial charge in [-0.2, -0.15) is 4.31 Å². The van der Waals surface area contributed by atoms with Crippen LogP contribution >= 0.6 is 0 Å². The van der Waals surface area contributed by atoms with Gasteiger partial charge in [0.15, 0.2) is 0 Å². The van der Waals surface area contributed by atoms with Crippen molar-refractivity contribution in [3.05, 3.63) is 54.6 Å². The third kappa shape index (κ3) is 4.14. The normalized spacial score (nSPS) is 22.8. The van der Waals surface area contributed by atoms with Crippen molar-refractivity contribution in [1.82, 2.24) is 4.31 Å². The van der Waals surface area contributed by atoms with E-state index in [1.165, 1.54) is 12.1 Å². The van der Waals surface area contributed by atoms with Crippen molar-refractivity contribution in [3.63, 3.8) is 0 Å². The highest BCUT2D eigenvalue weighted by Crippen LogP contribution is 2.43. The number of piperidine rings is 1. The molecule has 0 bridgehead atoms. The summed E-state index contributed by atoms with van der Waals surface area (Å²) in [7, 11) is -4.30. The Hall–Kier alpha value is -2.59. The fourth-order valence-corrected chi connectivity index (χ4v) is 6.04. The number of carbonyl (C=O) groups is 1. The summed E-state index contributed by atoms with van der Waals surface area (Å²) >= 11 is 0. The molecule has 2 aromatic carbocycles. The maximum absolute atomic E-state index is 13.3. The van der Waals surface area contributed by atoms with Crippen LogP contribution in [0.1, 0.15) is 19.3 Å². The number of hydrogen-bond acceptors (Lipinski definition) is 4. The number of halogens is 3. The van der Waals surface area contributed by atoms with Gasteiger partial charge in [-0.15, -0.1) is 13.2 Å². The predicted molar refractivity (Wildman–Crippen MR) is 107 cm³/mol. The van der Waals surface area contributed by atoms with E-state index in [0.29, 0.717) is 25.8 Å². The summed E-state index contributed by atoms with van der Waals surface area (Å²) in [6.45, 7) is 0.519. The largest absolute Gasteiger partial charge is 0.573 e. The molecule has 1 unspecified atom stereocenters. The second kappa shape index (κ2) is 7.83. The first-order valence-corrected chi connectivity index (χ1v) is 11.3. The van der Waals surface area contributed by atoms with Crippen molar-refractivity contribution in [2.24, 2.45) is 5.41 Å². The molecule has 2 fully saturated rings. The molecule has 0 aliphatic carbocycles. The Balaban J connectivity index is 1.62. The minimum atomic E-state index is -5.02. The lowest BCUT2D eigenvalue weighted by atomic mass is 9.79. The quantitative estimate of drug-likeness (QED) is 0.705. The first kappa shape index (κ1) is 21.6. The molecule has 2 aromatic rings. The van der Waals surface area contributed by atoms with Gasteiger partial charge < -0.3 is 9.64 Å². The van der Waals surface area contributed by atoms with E-state index in [9.17, 15) is 26.4 Å². The van der Waals surface area contributed by atoms with Crippen molar-refractivity contribution in [1.29, 1.82) is 0 Å². The Labute approximate surface area is 178 Å². The molecular weight excluding hydrogens is 433 g/mol. The van der Waals surface area contributed by atoms with Crippen molar-refractivity contribution in [2.45, 2.75) is 30.5 Å². The van der Waals surface area contributed by atoms with E-state index in [1.807, 2.05) is 30.3 Å². The third-order valence-corrected chi connectivity index (χ3v) is 7.70. The molecule has 2 heterocycles. The van der Waals surface area contributed by atoms with Crippen molar-refractivity contribution < 1.29 is 31.1 Å². The molecule has 0 N–H and O–H groups in total. The molecule has 0 aromatic heterocycles. The van der Waals surface area contributed by atoms with E-state index in [2.05, 4.69) is 4.74 Å². The number of nitrogens with zero attached hydrogens (tertiary/aromatic N) is 2. The second-order valence-electron chi connectivity index (χ2n) is 7.76. The fourth-order valence-electron chi connectivity index (χ4n) is 4.36. The summed E-state index contributed by atoms with van der Waals surface area (Å²) in [5.74, 6) is -0.934. The molecule has 1 amide bonds. The summed E-state index contributed by atoms with van der Waals surface area (Å²) in [6, 6.07) is 13.8. The van der Waals surface area contributed by atoms with Gasteiger partial charge in [-0.1, -0.05) is 30.3 Å². The number of para-hydroxylation sites is 2. The van der Waals surface area contributed by atoms with Crippen LogP contribution in [0.4, 0.5) is 18.9 Å². The number of sulfonamides is 1. The van der Waals surface area contributed by atoms with Crippen LogP contribution in [0.3, 0.4) is 0 Å². The van der Waals surface area contributed by atoms with Gasteiger partial charge in [0.25, 0.3) is 0 Å². The van der Waals surface area contributed by atoms with Gasteiger partial charge in [-0.25, -0.2) is 8.42 Å². The molecule has 1 spiro atoms. The molecule has 6 nitrogen and oxygen atoms in total. The van der Waals surface area contributed by atoms with E-state index >= 15 is 0 Å². The number of carbonyl (C=O) groups excluding carboxylic acids is 1. The van der Waals surface area contributed by atoms with Crippen LogP contribution in [0.15, 0.2) is 59.5 Å². The van der Waals surface area contributed by atoms with Gasteiger partial charge in [-0.3, -0.25) is 4.79 Å². The number of rotatable bonds is 4. The maximum atomic E-state index is 13.3. The van der Waals surface area contributed by atoms with Crippen LogP contribution in [0.5, 0.6) is 5.75 Å². The van der Waals surface area contributed by atoms with E-state index in [0.717, 1.165) is 22.1 Å². The summed E-state index contributed by atoms with van der Waals surface area (Å²) in [5.41, 5.74) is -0.144. The molecule has 4 rings (SSSR count). The molecule has 31 heavy (non-hydrogen) atoms. The SMILES string of the molecule is O=C1N(c2ccccc2)CCC12CCCN(S(=O)(=O)c1ccccc1OC(F)(F)F)C2. The Morgan fingerprint density at radius 2 is 1.61 bits per heavy atom. The average molecular weight is 454 g/mol. The zero-order valence-corrected chi connectivity index (χ0v) is 17.3. The highest BCUT2D eigenvalue weighted by Gasteiger charge is 2.51. The monoisotopic (exact) mass is 454 g/mol. The smallest absolute Gasteiger partial charge is 0.404 e. The lowest BCUT2D eigenvalue weighted by Gasteiger charge is -2.38. The molecule has 0 saturated carbocycles. The number of benzene rings is 2. The minimum Gasteiger partial charge on any atom is -0.404 e. The van der Waals surface area contributed by atoms with Crippen LogP contribution in [0, 0.1) is 5.41 Å². The van der Waals surface area contributed by atoms with E-state index < -0.39 is 32.4 Å². The van der Waals surface area contributed by atoms with Gasteiger partial charge in [0.1, 0.15) is 10.6 Å². The number of anilines is 1. The second-order valence-corrected chi connectivity index (χ2v) is 9.67. The van der Waals surface area contributed by atoms with Crippen LogP contribution in [-0.4, -0.2) is 44.6 Å². The van der Waals surface area contributed by atoms with Gasteiger partial charge in [0.2, 0.25) is 15.9 Å². The predicted octanol–water partition coefficient (Wildman–Crippen LogP) is 3.79. The summed E-state index contributed by atoms with van der Waals surface area (Å²) in [6.07, 6.45) is -3.57. The summed E-state index contributed by atoms with van der Waals surface area (Å²) in [4.78, 5) is 14.4. The molecule has 1 atom stereocenters. The van der Waals surface area contributed by atoms with Gasteiger partial charge in [-0.05, 0) is 43.5 Å². The summed E-state index contributed by atoms with van der Waals surface area (Å²) < 4.78 is 69.8. The first-order valence-electron chi connectivity index (χ1n) is 9.84. The van der Waals surface area contributed by atoms with Gasteiger partial charge in [0.05, 0.1) is 5.41 Å². The van der Waals surface area contributed by atoms with E-state index in [1.54, 1.807) is 4.90 Å². The molecule has 0 radical (unpaired) electrons. The number of alkyl halides is 3. The van der Waals surface area contributed by atoms with E-state index in [4.69, 9.17) is 0 Å². The lowest BCUT2D eigenvalue weighted by molar-refractivity contribution is -0.275. The number of amides is 1. The van der Waals surface area contributed by atoms with Gasteiger partial charge in [0, 0.05) is 25.3 Å². The molecule has 2 aliphatic heterocycles. The zero-order chi connectivity index (χ0) is 22.3. The lowest BCUT2D eigenvalue weighted by Crippen LogP contribution is -2.49. The van der Waals surface area contributed by atoms with E-state index in [-0.39, 0.29) is 19.0 Å². The van der Waals surface area contributed by atoms with Crippen LogP contribution < -0.4 is 9.64 Å². The Morgan fingerprint density at radius 1 is 0.935 bits per heavy atom.